The number of anilines is 1. The van der Waals surface area contributed by atoms with Gasteiger partial charge in [0.25, 0.3) is 5.91 Å². The van der Waals surface area contributed by atoms with Crippen LogP contribution < -0.4 is 10.2 Å². The molecule has 0 unspecified atom stereocenters. The van der Waals surface area contributed by atoms with Gasteiger partial charge in [-0.05, 0) is 31.1 Å². The van der Waals surface area contributed by atoms with Crippen LogP contribution in [0.3, 0.4) is 0 Å². The van der Waals surface area contributed by atoms with Gasteiger partial charge in [0.1, 0.15) is 11.8 Å². The van der Waals surface area contributed by atoms with Crippen LogP contribution in [0, 0.1) is 0 Å². The van der Waals surface area contributed by atoms with Crippen LogP contribution in [0.5, 0.6) is 0 Å². The fourth-order valence-corrected chi connectivity index (χ4v) is 4.38. The molecule has 112 valence electrons. The number of sulfone groups is 1. The molecule has 0 radical (unpaired) electrons. The van der Waals surface area contributed by atoms with Crippen LogP contribution in [0.4, 0.5) is 5.69 Å². The van der Waals surface area contributed by atoms with Crippen LogP contribution in [0.2, 0.25) is 0 Å². The third kappa shape index (κ3) is 2.87. The third-order valence-corrected chi connectivity index (χ3v) is 5.45. The van der Waals surface area contributed by atoms with E-state index in [2.05, 4.69) is 6.07 Å². The summed E-state index contributed by atoms with van der Waals surface area (Å²) in [5.74, 6) is 0.122. The van der Waals surface area contributed by atoms with E-state index in [-0.39, 0.29) is 30.3 Å². The van der Waals surface area contributed by atoms with E-state index in [1.54, 1.807) is 11.4 Å². The van der Waals surface area contributed by atoms with Gasteiger partial charge >= 0.3 is 0 Å². The molecule has 1 aromatic carbocycles. The van der Waals surface area contributed by atoms with Crippen molar-refractivity contribution in [3.05, 3.63) is 41.3 Å². The number of nitrogens with zero attached hydrogens (tertiary/aromatic N) is 1. The summed E-state index contributed by atoms with van der Waals surface area (Å²) in [6.45, 7) is 2.31. The van der Waals surface area contributed by atoms with Gasteiger partial charge in [-0.2, -0.15) is 0 Å². The van der Waals surface area contributed by atoms with Crippen LogP contribution in [0.25, 0.3) is 0 Å². The molecule has 2 heterocycles. The first-order valence-corrected chi connectivity index (χ1v) is 8.82. The molecule has 0 bridgehead atoms. The smallest absolute Gasteiger partial charge is 0.282 e. The highest BCUT2D eigenvalue weighted by Crippen LogP contribution is 2.31. The van der Waals surface area contributed by atoms with Gasteiger partial charge < -0.3 is 10.2 Å². The number of nitrogens with two attached hydrogens (primary N) is 1. The first kappa shape index (κ1) is 14.3. The van der Waals surface area contributed by atoms with E-state index in [1.807, 2.05) is 30.0 Å². The Hall–Kier alpha value is -1.66. The van der Waals surface area contributed by atoms with Crippen molar-refractivity contribution in [2.75, 3.05) is 17.2 Å². The lowest BCUT2D eigenvalue weighted by molar-refractivity contribution is -0.664. The summed E-state index contributed by atoms with van der Waals surface area (Å²) in [5.41, 5.74) is 2.18. The summed E-state index contributed by atoms with van der Waals surface area (Å²) < 4.78 is 22.7. The molecule has 6 heteroatoms. The van der Waals surface area contributed by atoms with Crippen molar-refractivity contribution < 1.29 is 18.5 Å². The second-order valence-corrected chi connectivity index (χ2v) is 7.64. The van der Waals surface area contributed by atoms with E-state index in [0.717, 1.165) is 12.1 Å². The minimum absolute atomic E-state index is 0.0325. The van der Waals surface area contributed by atoms with E-state index < -0.39 is 9.84 Å². The van der Waals surface area contributed by atoms with Gasteiger partial charge in [-0.1, -0.05) is 18.2 Å². The van der Waals surface area contributed by atoms with Crippen molar-refractivity contribution in [2.24, 2.45) is 0 Å². The van der Waals surface area contributed by atoms with Gasteiger partial charge in [0.2, 0.25) is 0 Å². The molecular weight excluding hydrogens is 288 g/mol. The second kappa shape index (κ2) is 5.27. The highest BCUT2D eigenvalue weighted by molar-refractivity contribution is 7.94. The number of carbonyl (C=O) groups excluding carboxylic acids is 1. The van der Waals surface area contributed by atoms with E-state index in [4.69, 9.17) is 0 Å². The fourth-order valence-electron chi connectivity index (χ4n) is 3.04. The molecule has 1 aromatic rings. The highest BCUT2D eigenvalue weighted by atomic mass is 32.2. The van der Waals surface area contributed by atoms with Crippen molar-refractivity contribution in [1.29, 1.82) is 0 Å². The standard InChI is InChI=1S/C15H18N2O3S/c1-11-8-12-4-2-3-5-14(12)17(11)15(18)9-16-13-6-7-21(19,20)10-13/h2-7,11,13,16H,8-10H2,1H3/p+1/t11-,13-/m0/s1. The van der Waals surface area contributed by atoms with Crippen molar-refractivity contribution in [3.8, 4) is 0 Å². The maximum atomic E-state index is 12.5. The molecule has 2 aliphatic heterocycles. The number of fused-ring (bicyclic) bond motifs is 1. The first-order valence-electron chi connectivity index (χ1n) is 7.10. The van der Waals surface area contributed by atoms with Gasteiger partial charge in [-0.15, -0.1) is 0 Å². The summed E-state index contributed by atoms with van der Waals surface area (Å²) in [5, 5.41) is 3.05. The number of quaternary nitrogens is 1. The van der Waals surface area contributed by atoms with Gasteiger partial charge in [0, 0.05) is 17.1 Å². The Morgan fingerprint density at radius 1 is 1.38 bits per heavy atom. The quantitative estimate of drug-likeness (QED) is 0.843. The van der Waals surface area contributed by atoms with E-state index in [1.165, 1.54) is 11.0 Å². The molecule has 5 nitrogen and oxygen atoms in total. The van der Waals surface area contributed by atoms with Crippen molar-refractivity contribution in [1.82, 2.24) is 0 Å². The maximum absolute atomic E-state index is 12.5. The molecule has 2 aliphatic rings. The van der Waals surface area contributed by atoms with E-state index in [9.17, 15) is 13.2 Å². The zero-order valence-electron chi connectivity index (χ0n) is 11.9. The predicted octanol–water partition coefficient (Wildman–Crippen LogP) is -0.162. The molecule has 0 fully saturated rings. The lowest BCUT2D eigenvalue weighted by Crippen LogP contribution is -2.92. The Morgan fingerprint density at radius 2 is 2.14 bits per heavy atom. The Bertz CT molecular complexity index is 697. The molecule has 2 atom stereocenters. The maximum Gasteiger partial charge on any atom is 0.282 e. The van der Waals surface area contributed by atoms with Crippen molar-refractivity contribution >= 4 is 21.4 Å². The van der Waals surface area contributed by atoms with Crippen LogP contribution in [-0.4, -0.2) is 38.7 Å². The Kier molecular flexibility index (Phi) is 3.59. The van der Waals surface area contributed by atoms with Crippen LogP contribution in [0.15, 0.2) is 35.7 Å². The zero-order valence-corrected chi connectivity index (χ0v) is 12.7. The minimum Gasteiger partial charge on any atom is -0.332 e. The molecule has 0 saturated heterocycles. The number of para-hydroxylation sites is 1. The summed E-state index contributed by atoms with van der Waals surface area (Å²) in [6, 6.07) is 7.96. The number of carbonyl (C=O) groups is 1. The number of benzene rings is 1. The lowest BCUT2D eigenvalue weighted by atomic mass is 10.1. The molecule has 0 spiro atoms. The molecule has 0 aliphatic carbocycles. The SMILES string of the molecule is C[C@H]1Cc2ccccc2N1C(=O)C[NH2+][C@H]1C=CS(=O)(=O)C1. The second-order valence-electron chi connectivity index (χ2n) is 5.71. The molecule has 0 saturated carbocycles. The molecule has 2 N–H and O–H groups in total. The molecule has 0 aromatic heterocycles. The Balaban J connectivity index is 1.65. The molecular formula is C15H19N2O3S+. The van der Waals surface area contributed by atoms with Crippen molar-refractivity contribution in [3.63, 3.8) is 0 Å². The fraction of sp³-hybridized carbons (Fsp3) is 0.400. The summed E-state index contributed by atoms with van der Waals surface area (Å²) in [4.78, 5) is 14.3. The van der Waals surface area contributed by atoms with Crippen molar-refractivity contribution in [2.45, 2.75) is 25.4 Å². The highest BCUT2D eigenvalue weighted by Gasteiger charge is 2.32. The zero-order chi connectivity index (χ0) is 15.0. The predicted molar refractivity (Wildman–Crippen MR) is 80.6 cm³/mol. The van der Waals surface area contributed by atoms with Gasteiger partial charge in [-0.25, -0.2) is 8.42 Å². The number of amides is 1. The Labute approximate surface area is 124 Å². The number of hydrogen-bond donors (Lipinski definition) is 1. The van der Waals surface area contributed by atoms with Gasteiger partial charge in [0.15, 0.2) is 16.4 Å². The summed E-state index contributed by atoms with van der Waals surface area (Å²) in [6.07, 6.45) is 2.53. The van der Waals surface area contributed by atoms with Crippen LogP contribution >= 0.6 is 0 Å². The average molecular weight is 307 g/mol. The normalized spacial score (nSPS) is 26.0. The van der Waals surface area contributed by atoms with Crippen LogP contribution in [-0.2, 0) is 21.1 Å². The molecule has 1 amide bonds. The number of rotatable bonds is 3. The third-order valence-electron chi connectivity index (χ3n) is 4.03. The summed E-state index contributed by atoms with van der Waals surface area (Å²) >= 11 is 0. The summed E-state index contributed by atoms with van der Waals surface area (Å²) in [7, 11) is -3.06. The minimum atomic E-state index is -3.06. The number of hydrogen-bond acceptors (Lipinski definition) is 3. The first-order chi connectivity index (χ1) is 9.96. The monoisotopic (exact) mass is 307 g/mol. The van der Waals surface area contributed by atoms with Gasteiger partial charge in [-0.3, -0.25) is 4.79 Å². The van der Waals surface area contributed by atoms with E-state index in [0.29, 0.717) is 0 Å². The van der Waals surface area contributed by atoms with Crippen LogP contribution in [0.1, 0.15) is 12.5 Å². The lowest BCUT2D eigenvalue weighted by Gasteiger charge is -2.22. The van der Waals surface area contributed by atoms with Gasteiger partial charge in [0.05, 0.1) is 0 Å². The Morgan fingerprint density at radius 3 is 2.86 bits per heavy atom. The molecule has 3 rings (SSSR count). The topological polar surface area (TPSA) is 71.1 Å². The van der Waals surface area contributed by atoms with E-state index >= 15 is 0 Å². The molecule has 21 heavy (non-hydrogen) atoms. The average Bonchev–Trinajstić information content (AvgIpc) is 2.94. The largest absolute Gasteiger partial charge is 0.332 e.